The number of hydrogen-bond acceptors (Lipinski definition) is 5. The summed E-state index contributed by atoms with van der Waals surface area (Å²) in [5.41, 5.74) is 0. The Morgan fingerprint density at radius 2 is 1.82 bits per heavy atom. The van der Waals surface area contributed by atoms with Crippen molar-refractivity contribution < 1.29 is 24.4 Å². The molecule has 1 aliphatic heterocycles. The molecule has 2 N–H and O–H groups in total. The largest absolute Gasteiger partial charge is 0.390 e. The molecule has 1 fully saturated rings. The van der Waals surface area contributed by atoms with Gasteiger partial charge < -0.3 is 24.4 Å². The molecule has 0 aromatic rings. The van der Waals surface area contributed by atoms with Crippen molar-refractivity contribution in [3.63, 3.8) is 0 Å². The van der Waals surface area contributed by atoms with E-state index in [9.17, 15) is 10.2 Å². The predicted octanol–water partition coefficient (Wildman–Crippen LogP) is 0.388. The van der Waals surface area contributed by atoms with Gasteiger partial charge in [-0.05, 0) is 12.3 Å². The zero-order chi connectivity index (χ0) is 13.0. The fraction of sp³-hybridized carbons (Fsp3) is 1.00. The number of methoxy groups -OCH3 is 2. The minimum Gasteiger partial charge on any atom is -0.390 e. The molecule has 0 aromatic carbocycles. The van der Waals surface area contributed by atoms with Crippen molar-refractivity contribution in [1.29, 1.82) is 0 Å². The molecule has 1 aliphatic rings. The number of hydrogen-bond donors (Lipinski definition) is 2. The first kappa shape index (κ1) is 14.9. The summed E-state index contributed by atoms with van der Waals surface area (Å²) in [5.74, 6) is 0.199. The van der Waals surface area contributed by atoms with Crippen LogP contribution in [0.1, 0.15) is 20.3 Å². The average molecular weight is 248 g/mol. The third-order valence-corrected chi connectivity index (χ3v) is 3.13. The number of aliphatic hydroxyl groups excluding tert-OH is 2. The van der Waals surface area contributed by atoms with E-state index in [1.54, 1.807) is 7.11 Å². The summed E-state index contributed by atoms with van der Waals surface area (Å²) < 4.78 is 15.8. The van der Waals surface area contributed by atoms with E-state index < -0.39 is 24.6 Å². The second-order valence-corrected chi connectivity index (χ2v) is 5.01. The minimum atomic E-state index is -0.926. The van der Waals surface area contributed by atoms with Gasteiger partial charge in [0, 0.05) is 20.1 Å². The van der Waals surface area contributed by atoms with Crippen molar-refractivity contribution >= 4 is 0 Å². The topological polar surface area (TPSA) is 68.2 Å². The molecule has 5 nitrogen and oxygen atoms in total. The van der Waals surface area contributed by atoms with Crippen molar-refractivity contribution in [2.75, 3.05) is 20.8 Å². The lowest BCUT2D eigenvalue weighted by Crippen LogP contribution is -2.56. The Hall–Kier alpha value is -0.200. The highest BCUT2D eigenvalue weighted by molar-refractivity contribution is 4.89. The second kappa shape index (κ2) is 6.66. The van der Waals surface area contributed by atoms with Crippen molar-refractivity contribution in [3.8, 4) is 0 Å². The normalized spacial score (nSPS) is 38.6. The smallest absolute Gasteiger partial charge is 0.163 e. The molecule has 0 spiro atoms. The first-order valence-electron chi connectivity index (χ1n) is 6.04. The monoisotopic (exact) mass is 248 g/mol. The van der Waals surface area contributed by atoms with Crippen molar-refractivity contribution in [1.82, 2.24) is 0 Å². The summed E-state index contributed by atoms with van der Waals surface area (Å²) in [4.78, 5) is 0. The molecule has 1 saturated heterocycles. The van der Waals surface area contributed by atoms with E-state index in [1.807, 2.05) is 0 Å². The van der Waals surface area contributed by atoms with Crippen LogP contribution < -0.4 is 0 Å². The van der Waals surface area contributed by atoms with Crippen molar-refractivity contribution in [2.24, 2.45) is 11.8 Å². The maximum absolute atomic E-state index is 10.1. The highest BCUT2D eigenvalue weighted by Crippen LogP contribution is 2.31. The minimum absolute atomic E-state index is 0.205. The molecular weight excluding hydrogens is 224 g/mol. The summed E-state index contributed by atoms with van der Waals surface area (Å²) >= 11 is 0. The van der Waals surface area contributed by atoms with Crippen LogP contribution in [0.3, 0.4) is 0 Å². The number of rotatable bonds is 5. The molecule has 17 heavy (non-hydrogen) atoms. The Morgan fingerprint density at radius 3 is 2.29 bits per heavy atom. The molecule has 1 rings (SSSR count). The molecule has 5 atom stereocenters. The molecule has 0 bridgehead atoms. The summed E-state index contributed by atoms with van der Waals surface area (Å²) in [6, 6.07) is 0. The van der Waals surface area contributed by atoms with Crippen LogP contribution in [0.5, 0.6) is 0 Å². The third kappa shape index (κ3) is 3.63. The van der Waals surface area contributed by atoms with E-state index in [4.69, 9.17) is 14.2 Å². The van der Waals surface area contributed by atoms with Gasteiger partial charge in [-0.15, -0.1) is 0 Å². The fourth-order valence-electron chi connectivity index (χ4n) is 2.32. The zero-order valence-corrected chi connectivity index (χ0v) is 11.0. The van der Waals surface area contributed by atoms with E-state index in [0.717, 1.165) is 6.42 Å². The van der Waals surface area contributed by atoms with E-state index in [0.29, 0.717) is 5.92 Å². The van der Waals surface area contributed by atoms with Crippen LogP contribution in [0.2, 0.25) is 0 Å². The van der Waals surface area contributed by atoms with Crippen LogP contribution in [-0.4, -0.2) is 55.6 Å². The quantitative estimate of drug-likeness (QED) is 0.736. The van der Waals surface area contributed by atoms with Gasteiger partial charge in [0.1, 0.15) is 12.2 Å². The lowest BCUT2D eigenvalue weighted by molar-refractivity contribution is -0.281. The molecule has 0 amide bonds. The summed E-state index contributed by atoms with van der Waals surface area (Å²) in [6.07, 6.45) is -2.04. The van der Waals surface area contributed by atoms with E-state index in [2.05, 4.69) is 13.8 Å². The van der Waals surface area contributed by atoms with Crippen molar-refractivity contribution in [3.05, 3.63) is 0 Å². The Bertz CT molecular complexity index is 219. The molecule has 1 heterocycles. The zero-order valence-electron chi connectivity index (χ0n) is 11.0. The lowest BCUT2D eigenvalue weighted by atomic mass is 9.85. The van der Waals surface area contributed by atoms with Crippen molar-refractivity contribution in [2.45, 2.75) is 44.9 Å². The van der Waals surface area contributed by atoms with Crippen LogP contribution >= 0.6 is 0 Å². The van der Waals surface area contributed by atoms with E-state index in [-0.39, 0.29) is 12.5 Å². The van der Waals surface area contributed by atoms with Gasteiger partial charge in [0.2, 0.25) is 0 Å². The number of aliphatic hydroxyl groups is 2. The molecular formula is C12H24O5. The maximum Gasteiger partial charge on any atom is 0.163 e. The summed E-state index contributed by atoms with van der Waals surface area (Å²) in [5, 5.41) is 20.1. The van der Waals surface area contributed by atoms with E-state index in [1.165, 1.54) is 7.11 Å². The Morgan fingerprint density at radius 1 is 1.18 bits per heavy atom. The van der Waals surface area contributed by atoms with Gasteiger partial charge in [-0.3, -0.25) is 0 Å². The van der Waals surface area contributed by atoms with Gasteiger partial charge in [0.15, 0.2) is 6.29 Å². The van der Waals surface area contributed by atoms with Gasteiger partial charge in [0.05, 0.1) is 12.7 Å². The number of ether oxygens (including phenoxy) is 3. The van der Waals surface area contributed by atoms with Crippen LogP contribution in [0.25, 0.3) is 0 Å². The van der Waals surface area contributed by atoms with Crippen LogP contribution in [0.15, 0.2) is 0 Å². The van der Waals surface area contributed by atoms with Gasteiger partial charge in [-0.2, -0.15) is 0 Å². The van der Waals surface area contributed by atoms with Crippen LogP contribution in [-0.2, 0) is 14.2 Å². The molecule has 5 heteroatoms. The Labute approximate surface area is 103 Å². The van der Waals surface area contributed by atoms with Gasteiger partial charge >= 0.3 is 0 Å². The van der Waals surface area contributed by atoms with Gasteiger partial charge in [-0.1, -0.05) is 13.8 Å². The van der Waals surface area contributed by atoms with Gasteiger partial charge in [0.25, 0.3) is 0 Å². The molecule has 102 valence electrons. The Balaban J connectivity index is 2.72. The molecule has 5 unspecified atom stereocenters. The standard InChI is InChI=1S/C12H24O5/c1-7(2)5-8-10(13)11(14)9(6-15-3)17-12(8)16-4/h7-14H,5-6H2,1-4H3. The van der Waals surface area contributed by atoms with Crippen LogP contribution in [0.4, 0.5) is 0 Å². The van der Waals surface area contributed by atoms with Crippen LogP contribution in [0, 0.1) is 11.8 Å². The second-order valence-electron chi connectivity index (χ2n) is 5.01. The predicted molar refractivity (Wildman–Crippen MR) is 62.5 cm³/mol. The Kier molecular flexibility index (Phi) is 5.82. The average Bonchev–Trinajstić information content (AvgIpc) is 2.28. The lowest BCUT2D eigenvalue weighted by Gasteiger charge is -2.42. The fourth-order valence-corrected chi connectivity index (χ4v) is 2.32. The first-order valence-corrected chi connectivity index (χ1v) is 6.04. The summed E-state index contributed by atoms with van der Waals surface area (Å²) in [6.45, 7) is 4.37. The third-order valence-electron chi connectivity index (χ3n) is 3.13. The van der Waals surface area contributed by atoms with E-state index >= 15 is 0 Å². The van der Waals surface area contributed by atoms with Gasteiger partial charge in [-0.25, -0.2) is 0 Å². The first-order chi connectivity index (χ1) is 8.01. The SMILES string of the molecule is COCC1OC(OC)C(CC(C)C)C(O)C1O. The molecule has 0 aliphatic carbocycles. The highest BCUT2D eigenvalue weighted by Gasteiger charge is 2.44. The molecule has 0 saturated carbocycles. The highest BCUT2D eigenvalue weighted by atomic mass is 16.7. The molecule has 0 aromatic heterocycles. The maximum atomic E-state index is 10.1. The molecule has 0 radical (unpaired) electrons. The summed E-state index contributed by atoms with van der Waals surface area (Å²) in [7, 11) is 3.08.